The minimum Gasteiger partial charge on any atom is -0.464 e. The van der Waals surface area contributed by atoms with Crippen LogP contribution in [0.25, 0.3) is 11.0 Å². The Morgan fingerprint density at radius 1 is 1.50 bits per heavy atom. The summed E-state index contributed by atoms with van der Waals surface area (Å²) in [6.45, 7) is 2.33. The van der Waals surface area contributed by atoms with Crippen molar-refractivity contribution >= 4 is 22.7 Å². The second-order valence-corrected chi connectivity index (χ2v) is 4.24. The molecule has 2 aromatic rings. The maximum atomic E-state index is 11.6. The molecular weight excluding hydrogens is 264 g/mol. The molecule has 8 nitrogen and oxygen atoms in total. The Morgan fingerprint density at radius 2 is 2.30 bits per heavy atom. The highest BCUT2D eigenvalue weighted by Crippen LogP contribution is 2.17. The third-order valence-corrected chi connectivity index (χ3v) is 2.71. The summed E-state index contributed by atoms with van der Waals surface area (Å²) in [5.41, 5.74) is 0.311. The molecule has 0 N–H and O–H groups in total. The first-order valence-electron chi connectivity index (χ1n) is 6.23. The van der Waals surface area contributed by atoms with Crippen molar-refractivity contribution in [2.45, 2.75) is 26.3 Å². The normalized spacial score (nSPS) is 10.7. The average Bonchev–Trinajstić information content (AvgIpc) is 2.81. The SMILES string of the molecule is CCCCOC(=O)Cn1ncc2cc([N+](=O)[O-])cnc21. The summed E-state index contributed by atoms with van der Waals surface area (Å²) in [4.78, 5) is 25.7. The van der Waals surface area contributed by atoms with E-state index in [9.17, 15) is 14.9 Å². The molecule has 2 aromatic heterocycles. The highest BCUT2D eigenvalue weighted by atomic mass is 16.6. The Morgan fingerprint density at radius 3 is 3.00 bits per heavy atom. The molecule has 2 rings (SSSR count). The van der Waals surface area contributed by atoms with Gasteiger partial charge in [0.15, 0.2) is 5.65 Å². The van der Waals surface area contributed by atoms with Crippen molar-refractivity contribution in [3.05, 3.63) is 28.6 Å². The molecule has 0 saturated carbocycles. The molecule has 0 bridgehead atoms. The standard InChI is InChI=1S/C12H14N4O4/c1-2-3-4-20-11(17)8-15-12-9(6-14-15)5-10(7-13-12)16(18)19/h5-7H,2-4,8H2,1H3. The number of rotatable bonds is 6. The molecule has 0 radical (unpaired) electrons. The summed E-state index contributed by atoms with van der Waals surface area (Å²) in [5.74, 6) is -0.399. The fourth-order valence-electron chi connectivity index (χ4n) is 1.67. The Labute approximate surface area is 114 Å². The molecule has 0 aliphatic heterocycles. The highest BCUT2D eigenvalue weighted by molar-refractivity contribution is 5.78. The van der Waals surface area contributed by atoms with Crippen molar-refractivity contribution < 1.29 is 14.5 Å². The van der Waals surface area contributed by atoms with Crippen LogP contribution in [-0.4, -0.2) is 32.3 Å². The summed E-state index contributed by atoms with van der Waals surface area (Å²) >= 11 is 0. The molecule has 8 heteroatoms. The van der Waals surface area contributed by atoms with E-state index in [1.54, 1.807) is 0 Å². The monoisotopic (exact) mass is 278 g/mol. The zero-order chi connectivity index (χ0) is 14.5. The van der Waals surface area contributed by atoms with Crippen LogP contribution in [0.4, 0.5) is 5.69 Å². The van der Waals surface area contributed by atoms with Crippen LogP contribution in [0.3, 0.4) is 0 Å². The molecule has 2 heterocycles. The van der Waals surface area contributed by atoms with Crippen molar-refractivity contribution in [1.82, 2.24) is 14.8 Å². The summed E-state index contributed by atoms with van der Waals surface area (Å²) in [7, 11) is 0. The molecule has 0 aliphatic rings. The van der Waals surface area contributed by atoms with Crippen molar-refractivity contribution in [1.29, 1.82) is 0 Å². The van der Waals surface area contributed by atoms with Gasteiger partial charge in [0.1, 0.15) is 12.7 Å². The van der Waals surface area contributed by atoms with E-state index in [2.05, 4.69) is 10.1 Å². The van der Waals surface area contributed by atoms with Crippen LogP contribution >= 0.6 is 0 Å². The lowest BCUT2D eigenvalue weighted by atomic mass is 10.3. The lowest BCUT2D eigenvalue weighted by molar-refractivity contribution is -0.385. The van der Waals surface area contributed by atoms with Gasteiger partial charge in [-0.05, 0) is 6.42 Å². The largest absolute Gasteiger partial charge is 0.464 e. The number of carbonyl (C=O) groups is 1. The van der Waals surface area contributed by atoms with E-state index >= 15 is 0 Å². The Bertz CT molecular complexity index is 637. The highest BCUT2D eigenvalue weighted by Gasteiger charge is 2.13. The molecule has 0 unspecified atom stereocenters. The molecule has 0 aromatic carbocycles. The zero-order valence-corrected chi connectivity index (χ0v) is 11.0. The molecule has 0 fully saturated rings. The number of unbranched alkanes of at least 4 members (excludes halogenated alkanes) is 1. The number of hydrogen-bond donors (Lipinski definition) is 0. The van der Waals surface area contributed by atoms with Crippen molar-refractivity contribution in [3.8, 4) is 0 Å². The van der Waals surface area contributed by atoms with E-state index in [0.717, 1.165) is 19.0 Å². The lowest BCUT2D eigenvalue weighted by Crippen LogP contribution is -2.15. The topological polar surface area (TPSA) is 100 Å². The van der Waals surface area contributed by atoms with Crippen molar-refractivity contribution in [3.63, 3.8) is 0 Å². The van der Waals surface area contributed by atoms with Gasteiger partial charge in [-0.25, -0.2) is 9.67 Å². The van der Waals surface area contributed by atoms with Crippen LogP contribution < -0.4 is 0 Å². The fraction of sp³-hybridized carbons (Fsp3) is 0.417. The third-order valence-electron chi connectivity index (χ3n) is 2.71. The summed E-state index contributed by atoms with van der Waals surface area (Å²) in [6, 6.07) is 1.37. The maximum absolute atomic E-state index is 11.6. The van der Waals surface area contributed by atoms with Crippen molar-refractivity contribution in [2.75, 3.05) is 6.61 Å². The van der Waals surface area contributed by atoms with Gasteiger partial charge < -0.3 is 4.74 Å². The summed E-state index contributed by atoms with van der Waals surface area (Å²) in [5, 5.41) is 15.1. The third kappa shape index (κ3) is 3.08. The zero-order valence-electron chi connectivity index (χ0n) is 11.0. The first-order chi connectivity index (χ1) is 9.61. The lowest BCUT2D eigenvalue weighted by Gasteiger charge is -2.04. The Kier molecular flexibility index (Phi) is 4.24. The number of esters is 1. The minimum absolute atomic E-state index is 0.0575. The van der Waals surface area contributed by atoms with Gasteiger partial charge in [-0.1, -0.05) is 13.3 Å². The molecule has 0 amide bonds. The van der Waals surface area contributed by atoms with E-state index in [1.807, 2.05) is 6.92 Å². The smallest absolute Gasteiger partial charge is 0.327 e. The number of carbonyl (C=O) groups excluding carboxylic acids is 1. The van der Waals surface area contributed by atoms with Gasteiger partial charge in [0.05, 0.1) is 17.7 Å². The van der Waals surface area contributed by atoms with Gasteiger partial charge >= 0.3 is 5.97 Å². The molecule has 106 valence electrons. The molecule has 20 heavy (non-hydrogen) atoms. The molecule has 0 spiro atoms. The predicted octanol–water partition coefficient (Wildman–Crippen LogP) is 1.68. The quantitative estimate of drug-likeness (QED) is 0.345. The number of nitrogens with zero attached hydrogens (tertiary/aromatic N) is 4. The van der Waals surface area contributed by atoms with E-state index in [4.69, 9.17) is 4.74 Å². The molecule has 0 aliphatic carbocycles. The van der Waals surface area contributed by atoms with E-state index < -0.39 is 10.9 Å². The van der Waals surface area contributed by atoms with Gasteiger partial charge in [-0.3, -0.25) is 14.9 Å². The number of hydrogen-bond acceptors (Lipinski definition) is 6. The van der Waals surface area contributed by atoms with E-state index in [0.29, 0.717) is 17.6 Å². The minimum atomic E-state index is -0.525. The fourth-order valence-corrected chi connectivity index (χ4v) is 1.67. The molecular formula is C12H14N4O4. The van der Waals surface area contributed by atoms with Crippen LogP contribution in [-0.2, 0) is 16.1 Å². The van der Waals surface area contributed by atoms with Crippen LogP contribution in [0, 0.1) is 10.1 Å². The maximum Gasteiger partial charge on any atom is 0.327 e. The van der Waals surface area contributed by atoms with E-state index in [1.165, 1.54) is 16.9 Å². The molecule has 0 saturated heterocycles. The number of ether oxygens (including phenoxy) is 1. The average molecular weight is 278 g/mol. The van der Waals surface area contributed by atoms with Gasteiger partial charge in [-0.15, -0.1) is 0 Å². The second kappa shape index (κ2) is 6.09. The predicted molar refractivity (Wildman–Crippen MR) is 70.0 cm³/mol. The number of aromatic nitrogens is 3. The summed E-state index contributed by atoms with van der Waals surface area (Å²) < 4.78 is 6.40. The van der Waals surface area contributed by atoms with Gasteiger partial charge in [-0.2, -0.15) is 5.10 Å². The van der Waals surface area contributed by atoms with Crippen LogP contribution in [0.15, 0.2) is 18.5 Å². The van der Waals surface area contributed by atoms with Crippen LogP contribution in [0.2, 0.25) is 0 Å². The van der Waals surface area contributed by atoms with Gasteiger partial charge in [0.25, 0.3) is 5.69 Å². The molecule has 0 atom stereocenters. The number of pyridine rings is 1. The van der Waals surface area contributed by atoms with Gasteiger partial charge in [0, 0.05) is 11.5 Å². The van der Waals surface area contributed by atoms with Crippen LogP contribution in [0.1, 0.15) is 19.8 Å². The first kappa shape index (κ1) is 13.9. The van der Waals surface area contributed by atoms with Crippen molar-refractivity contribution in [2.24, 2.45) is 0 Å². The first-order valence-corrected chi connectivity index (χ1v) is 6.23. The second-order valence-electron chi connectivity index (χ2n) is 4.24. The number of fused-ring (bicyclic) bond motifs is 1. The van der Waals surface area contributed by atoms with E-state index in [-0.39, 0.29) is 12.2 Å². The van der Waals surface area contributed by atoms with Gasteiger partial charge in [0.2, 0.25) is 0 Å². The van der Waals surface area contributed by atoms with Crippen LogP contribution in [0.5, 0.6) is 0 Å². The Hall–Kier alpha value is -2.51. The Balaban J connectivity index is 2.11. The summed E-state index contributed by atoms with van der Waals surface area (Å²) in [6.07, 6.45) is 4.34. The number of nitro groups is 1.